The highest BCUT2D eigenvalue weighted by Crippen LogP contribution is 2.12. The van der Waals surface area contributed by atoms with Crippen molar-refractivity contribution in [1.29, 1.82) is 0 Å². The first-order valence-corrected chi connectivity index (χ1v) is 7.30. The maximum atomic E-state index is 12.3. The highest BCUT2D eigenvalue weighted by Gasteiger charge is 2.31. The molecule has 0 aliphatic carbocycles. The molecule has 0 saturated carbocycles. The molecule has 7 nitrogen and oxygen atoms in total. The van der Waals surface area contributed by atoms with Gasteiger partial charge in [0.15, 0.2) is 0 Å². The first kappa shape index (κ1) is 19.4. The van der Waals surface area contributed by atoms with Gasteiger partial charge >= 0.3 is 5.97 Å². The van der Waals surface area contributed by atoms with Gasteiger partial charge in [0.05, 0.1) is 6.54 Å². The summed E-state index contributed by atoms with van der Waals surface area (Å²) in [6.45, 7) is 7.11. The summed E-state index contributed by atoms with van der Waals surface area (Å²) in [5.41, 5.74) is 5.24. The van der Waals surface area contributed by atoms with Crippen LogP contribution in [0.15, 0.2) is 0 Å². The van der Waals surface area contributed by atoms with Crippen molar-refractivity contribution < 1.29 is 19.5 Å². The van der Waals surface area contributed by atoms with E-state index in [-0.39, 0.29) is 18.4 Å². The Balaban J connectivity index is 5.01. The molecule has 0 unspecified atom stereocenters. The highest BCUT2D eigenvalue weighted by atomic mass is 16.4. The van der Waals surface area contributed by atoms with E-state index in [2.05, 4.69) is 10.6 Å². The number of carbonyl (C=O) groups is 3. The van der Waals surface area contributed by atoms with Gasteiger partial charge in [0, 0.05) is 0 Å². The van der Waals surface area contributed by atoms with E-state index in [1.165, 1.54) is 0 Å². The molecular weight excluding hydrogens is 274 g/mol. The molecule has 21 heavy (non-hydrogen) atoms. The van der Waals surface area contributed by atoms with Crippen molar-refractivity contribution in [3.63, 3.8) is 0 Å². The van der Waals surface area contributed by atoms with E-state index >= 15 is 0 Å². The molecule has 122 valence electrons. The van der Waals surface area contributed by atoms with E-state index in [1.807, 2.05) is 20.8 Å². The normalized spacial score (nSPS) is 16.4. The monoisotopic (exact) mass is 301 g/mol. The van der Waals surface area contributed by atoms with Gasteiger partial charge in [-0.05, 0) is 11.8 Å². The van der Waals surface area contributed by atoms with Gasteiger partial charge in [0.1, 0.15) is 12.1 Å². The van der Waals surface area contributed by atoms with Gasteiger partial charge in [-0.25, -0.2) is 4.79 Å². The lowest BCUT2D eigenvalue weighted by atomic mass is 9.95. The molecule has 0 heterocycles. The van der Waals surface area contributed by atoms with E-state index in [0.29, 0.717) is 12.8 Å². The average molecular weight is 301 g/mol. The lowest BCUT2D eigenvalue weighted by Gasteiger charge is -2.27. The molecule has 5 N–H and O–H groups in total. The van der Waals surface area contributed by atoms with E-state index in [9.17, 15) is 19.5 Å². The third-order valence-electron chi connectivity index (χ3n) is 3.77. The van der Waals surface area contributed by atoms with Crippen LogP contribution in [0.3, 0.4) is 0 Å². The number of hydrogen-bond acceptors (Lipinski definition) is 4. The molecule has 4 atom stereocenters. The standard InChI is InChI=1S/C14H27N3O4/c1-5-8(3)11(16-10(18)7-15)13(19)17-12(14(20)21)9(4)6-2/h8-9,11-12H,5-7,15H2,1-4H3,(H,16,18)(H,17,19)(H,20,21)/t8-,9-,11-,12-/m0/s1. The molecular formula is C14H27N3O4. The van der Waals surface area contributed by atoms with Crippen molar-refractivity contribution in [2.24, 2.45) is 17.6 Å². The van der Waals surface area contributed by atoms with Gasteiger partial charge in [-0.1, -0.05) is 40.5 Å². The smallest absolute Gasteiger partial charge is 0.326 e. The Hall–Kier alpha value is -1.63. The number of rotatable bonds is 9. The molecule has 0 bridgehead atoms. The fourth-order valence-electron chi connectivity index (χ4n) is 1.86. The first-order chi connectivity index (χ1) is 9.78. The second kappa shape index (κ2) is 9.33. The molecule has 0 aromatic carbocycles. The maximum Gasteiger partial charge on any atom is 0.326 e. The molecule has 0 spiro atoms. The Labute approximate surface area is 125 Å². The van der Waals surface area contributed by atoms with Crippen LogP contribution in [0.2, 0.25) is 0 Å². The van der Waals surface area contributed by atoms with E-state index in [1.54, 1.807) is 6.92 Å². The lowest BCUT2D eigenvalue weighted by molar-refractivity contribution is -0.144. The minimum atomic E-state index is -1.08. The van der Waals surface area contributed by atoms with E-state index in [0.717, 1.165) is 0 Å². The van der Waals surface area contributed by atoms with Crippen LogP contribution >= 0.6 is 0 Å². The van der Waals surface area contributed by atoms with Crippen LogP contribution < -0.4 is 16.4 Å². The molecule has 2 amide bonds. The van der Waals surface area contributed by atoms with Crippen molar-refractivity contribution in [2.45, 2.75) is 52.6 Å². The largest absolute Gasteiger partial charge is 0.480 e. The Bertz CT molecular complexity index is 373. The van der Waals surface area contributed by atoms with Gasteiger partial charge in [0.25, 0.3) is 0 Å². The number of carboxylic acid groups (broad SMARTS) is 1. The maximum absolute atomic E-state index is 12.3. The summed E-state index contributed by atoms with van der Waals surface area (Å²) < 4.78 is 0. The summed E-state index contributed by atoms with van der Waals surface area (Å²) in [5, 5.41) is 14.3. The summed E-state index contributed by atoms with van der Waals surface area (Å²) in [6, 6.07) is -1.75. The topological polar surface area (TPSA) is 122 Å². The SMILES string of the molecule is CC[C@H](C)[C@H](NC(=O)[C@@H](NC(=O)CN)[C@@H](C)CC)C(=O)O. The predicted octanol–water partition coefficient (Wildman–Crippen LogP) is 0.0915. The quantitative estimate of drug-likeness (QED) is 0.481. The van der Waals surface area contributed by atoms with Crippen LogP contribution in [-0.4, -0.2) is 41.5 Å². The van der Waals surface area contributed by atoms with Gasteiger partial charge < -0.3 is 21.5 Å². The Kier molecular flexibility index (Phi) is 8.61. The number of aliphatic carboxylic acids is 1. The first-order valence-electron chi connectivity index (χ1n) is 7.30. The second-order valence-corrected chi connectivity index (χ2v) is 5.34. The predicted molar refractivity (Wildman–Crippen MR) is 79.5 cm³/mol. The molecule has 0 saturated heterocycles. The Morgan fingerprint density at radius 2 is 1.48 bits per heavy atom. The van der Waals surface area contributed by atoms with Crippen molar-refractivity contribution in [2.75, 3.05) is 6.54 Å². The van der Waals surface area contributed by atoms with Crippen LogP contribution in [0.1, 0.15) is 40.5 Å². The van der Waals surface area contributed by atoms with Gasteiger partial charge in [-0.3, -0.25) is 9.59 Å². The third kappa shape index (κ3) is 6.12. The van der Waals surface area contributed by atoms with Crippen LogP contribution in [0, 0.1) is 11.8 Å². The zero-order valence-corrected chi connectivity index (χ0v) is 13.2. The van der Waals surface area contributed by atoms with Crippen LogP contribution in [0.25, 0.3) is 0 Å². The van der Waals surface area contributed by atoms with Gasteiger partial charge in [0.2, 0.25) is 11.8 Å². The second-order valence-electron chi connectivity index (χ2n) is 5.34. The molecule has 0 aromatic heterocycles. The fraction of sp³-hybridized carbons (Fsp3) is 0.786. The zero-order chi connectivity index (χ0) is 16.6. The van der Waals surface area contributed by atoms with E-state index < -0.39 is 29.9 Å². The van der Waals surface area contributed by atoms with Crippen molar-refractivity contribution in [3.8, 4) is 0 Å². The van der Waals surface area contributed by atoms with Crippen molar-refractivity contribution in [3.05, 3.63) is 0 Å². The number of nitrogens with one attached hydrogen (secondary N) is 2. The molecule has 0 aliphatic heterocycles. The number of carboxylic acids is 1. The minimum absolute atomic E-state index is 0.119. The summed E-state index contributed by atoms with van der Waals surface area (Å²) in [4.78, 5) is 35.0. The number of nitrogens with two attached hydrogens (primary N) is 1. The zero-order valence-electron chi connectivity index (χ0n) is 13.2. The molecule has 0 aliphatic rings. The minimum Gasteiger partial charge on any atom is -0.480 e. The van der Waals surface area contributed by atoms with Gasteiger partial charge in [-0.2, -0.15) is 0 Å². The number of carbonyl (C=O) groups excluding carboxylic acids is 2. The molecule has 0 fully saturated rings. The number of amides is 2. The van der Waals surface area contributed by atoms with Crippen LogP contribution in [-0.2, 0) is 14.4 Å². The average Bonchev–Trinajstić information content (AvgIpc) is 2.47. The summed E-state index contributed by atoms with van der Waals surface area (Å²) in [7, 11) is 0. The third-order valence-corrected chi connectivity index (χ3v) is 3.77. The fourth-order valence-corrected chi connectivity index (χ4v) is 1.86. The molecule has 0 aromatic rings. The molecule has 0 rings (SSSR count). The Morgan fingerprint density at radius 1 is 1.00 bits per heavy atom. The van der Waals surface area contributed by atoms with Crippen molar-refractivity contribution >= 4 is 17.8 Å². The molecule has 0 radical (unpaired) electrons. The number of hydrogen-bond donors (Lipinski definition) is 4. The highest BCUT2D eigenvalue weighted by molar-refractivity contribution is 5.91. The summed E-state index contributed by atoms with van der Waals surface area (Å²) in [5.74, 6) is -2.32. The molecule has 7 heteroatoms. The lowest BCUT2D eigenvalue weighted by Crippen LogP contribution is -2.56. The summed E-state index contributed by atoms with van der Waals surface area (Å²) >= 11 is 0. The van der Waals surface area contributed by atoms with Crippen LogP contribution in [0.5, 0.6) is 0 Å². The van der Waals surface area contributed by atoms with Crippen LogP contribution in [0.4, 0.5) is 0 Å². The summed E-state index contributed by atoms with van der Waals surface area (Å²) in [6.07, 6.45) is 1.30. The Morgan fingerprint density at radius 3 is 1.86 bits per heavy atom. The van der Waals surface area contributed by atoms with Gasteiger partial charge in [-0.15, -0.1) is 0 Å². The van der Waals surface area contributed by atoms with E-state index in [4.69, 9.17) is 5.73 Å². The van der Waals surface area contributed by atoms with Crippen molar-refractivity contribution in [1.82, 2.24) is 10.6 Å².